The summed E-state index contributed by atoms with van der Waals surface area (Å²) in [6.45, 7) is 1.89. The average Bonchev–Trinajstić information content (AvgIpc) is 2.34. The number of hydrogen-bond acceptors (Lipinski definition) is 3. The van der Waals surface area contributed by atoms with Crippen molar-refractivity contribution in [3.05, 3.63) is 34.1 Å². The summed E-state index contributed by atoms with van der Waals surface area (Å²) in [6, 6.07) is 4.92. The van der Waals surface area contributed by atoms with Crippen molar-refractivity contribution < 1.29 is 19.0 Å². The van der Waals surface area contributed by atoms with Crippen molar-refractivity contribution in [3.63, 3.8) is 0 Å². The SMILES string of the molecule is O=C(O)C1CN(Cc2ccc(Br)c(F)c2)CCO1. The highest BCUT2D eigenvalue weighted by atomic mass is 79.9. The molecule has 0 aromatic heterocycles. The maximum atomic E-state index is 13.4. The van der Waals surface area contributed by atoms with Gasteiger partial charge in [0, 0.05) is 19.6 Å². The number of carboxylic acids is 1. The van der Waals surface area contributed by atoms with Crippen molar-refractivity contribution in [1.29, 1.82) is 0 Å². The van der Waals surface area contributed by atoms with Gasteiger partial charge in [0.05, 0.1) is 11.1 Å². The lowest BCUT2D eigenvalue weighted by molar-refractivity contribution is -0.156. The van der Waals surface area contributed by atoms with E-state index in [1.807, 2.05) is 11.0 Å². The highest BCUT2D eigenvalue weighted by Crippen LogP contribution is 2.18. The largest absolute Gasteiger partial charge is 0.479 e. The van der Waals surface area contributed by atoms with E-state index in [9.17, 15) is 9.18 Å². The maximum absolute atomic E-state index is 13.4. The van der Waals surface area contributed by atoms with Crippen molar-refractivity contribution in [2.45, 2.75) is 12.6 Å². The van der Waals surface area contributed by atoms with Crippen LogP contribution in [0.25, 0.3) is 0 Å². The van der Waals surface area contributed by atoms with Gasteiger partial charge in [0.15, 0.2) is 6.10 Å². The van der Waals surface area contributed by atoms with Gasteiger partial charge in [-0.25, -0.2) is 9.18 Å². The molecular weight excluding hydrogens is 305 g/mol. The molecule has 1 aliphatic rings. The fourth-order valence-electron chi connectivity index (χ4n) is 1.89. The Hall–Kier alpha value is -0.980. The van der Waals surface area contributed by atoms with Gasteiger partial charge in [-0.2, -0.15) is 0 Å². The second-order valence-corrected chi connectivity index (χ2v) is 5.04. The molecule has 2 rings (SSSR count). The summed E-state index contributed by atoms with van der Waals surface area (Å²) < 4.78 is 18.9. The molecule has 0 radical (unpaired) electrons. The van der Waals surface area contributed by atoms with Gasteiger partial charge in [0.25, 0.3) is 0 Å². The minimum atomic E-state index is -0.957. The first kappa shape index (κ1) is 13.5. The zero-order chi connectivity index (χ0) is 13.1. The third-order valence-electron chi connectivity index (χ3n) is 2.82. The lowest BCUT2D eigenvalue weighted by atomic mass is 10.2. The molecule has 0 amide bonds. The van der Waals surface area contributed by atoms with Crippen molar-refractivity contribution in [2.75, 3.05) is 19.7 Å². The summed E-state index contributed by atoms with van der Waals surface area (Å²) >= 11 is 3.10. The molecule has 1 aliphatic heterocycles. The zero-order valence-electron chi connectivity index (χ0n) is 9.60. The predicted molar refractivity (Wildman–Crippen MR) is 66.8 cm³/mol. The quantitative estimate of drug-likeness (QED) is 0.924. The van der Waals surface area contributed by atoms with Crippen molar-refractivity contribution >= 4 is 21.9 Å². The number of aliphatic carboxylic acids is 1. The Balaban J connectivity index is 2.00. The van der Waals surface area contributed by atoms with E-state index in [1.54, 1.807) is 6.07 Å². The smallest absolute Gasteiger partial charge is 0.334 e. The third-order valence-corrected chi connectivity index (χ3v) is 3.46. The Morgan fingerprint density at radius 2 is 2.39 bits per heavy atom. The number of halogens is 2. The number of carbonyl (C=O) groups is 1. The molecule has 1 aromatic rings. The van der Waals surface area contributed by atoms with Crippen LogP contribution in [0.1, 0.15) is 5.56 Å². The van der Waals surface area contributed by atoms with Crippen molar-refractivity contribution in [2.24, 2.45) is 0 Å². The van der Waals surface area contributed by atoms with Crippen LogP contribution < -0.4 is 0 Å². The fraction of sp³-hybridized carbons (Fsp3) is 0.417. The number of morpholine rings is 1. The molecule has 0 saturated carbocycles. The minimum Gasteiger partial charge on any atom is -0.479 e. The first-order valence-corrected chi connectivity index (χ1v) is 6.36. The van der Waals surface area contributed by atoms with Crippen LogP contribution in [0.4, 0.5) is 4.39 Å². The molecule has 1 fully saturated rings. The van der Waals surface area contributed by atoms with Gasteiger partial charge >= 0.3 is 5.97 Å². The van der Waals surface area contributed by atoms with E-state index in [0.29, 0.717) is 30.7 Å². The highest BCUT2D eigenvalue weighted by Gasteiger charge is 2.26. The standard InChI is InChI=1S/C12H13BrFNO3/c13-9-2-1-8(5-10(9)14)6-15-3-4-18-11(7-15)12(16)17/h1-2,5,11H,3-4,6-7H2,(H,16,17). The van der Waals surface area contributed by atoms with E-state index in [0.717, 1.165) is 5.56 Å². The number of ether oxygens (including phenoxy) is 1. The lowest BCUT2D eigenvalue weighted by Gasteiger charge is -2.30. The molecule has 98 valence electrons. The number of nitrogens with zero attached hydrogens (tertiary/aromatic N) is 1. The van der Waals surface area contributed by atoms with Crippen LogP contribution in [0.3, 0.4) is 0 Å². The molecular formula is C12H13BrFNO3. The number of carboxylic acid groups (broad SMARTS) is 1. The van der Waals surface area contributed by atoms with Crippen LogP contribution in [0.5, 0.6) is 0 Å². The molecule has 1 atom stereocenters. The van der Waals surface area contributed by atoms with Gasteiger partial charge in [-0.15, -0.1) is 0 Å². The van der Waals surface area contributed by atoms with Gasteiger partial charge in [-0.3, -0.25) is 4.90 Å². The van der Waals surface area contributed by atoms with Gasteiger partial charge in [-0.1, -0.05) is 6.07 Å². The highest BCUT2D eigenvalue weighted by molar-refractivity contribution is 9.10. The number of benzene rings is 1. The van der Waals surface area contributed by atoms with E-state index in [-0.39, 0.29) is 5.82 Å². The van der Waals surface area contributed by atoms with Crippen molar-refractivity contribution in [3.8, 4) is 0 Å². The summed E-state index contributed by atoms with van der Waals surface area (Å²) in [5, 5.41) is 8.88. The summed E-state index contributed by atoms with van der Waals surface area (Å²) in [4.78, 5) is 12.8. The number of hydrogen-bond donors (Lipinski definition) is 1. The molecule has 1 aromatic carbocycles. The predicted octanol–water partition coefficient (Wildman–Crippen LogP) is 1.87. The molecule has 0 aliphatic carbocycles. The van der Waals surface area contributed by atoms with Crippen LogP contribution in [0.2, 0.25) is 0 Å². The normalized spacial score (nSPS) is 20.9. The summed E-state index contributed by atoms with van der Waals surface area (Å²) in [5.41, 5.74) is 0.821. The van der Waals surface area contributed by atoms with E-state index in [1.165, 1.54) is 6.07 Å². The first-order valence-electron chi connectivity index (χ1n) is 5.57. The minimum absolute atomic E-state index is 0.310. The second-order valence-electron chi connectivity index (χ2n) is 4.18. The van der Waals surface area contributed by atoms with Gasteiger partial charge in [0.1, 0.15) is 5.82 Å². The van der Waals surface area contributed by atoms with Crippen LogP contribution in [-0.2, 0) is 16.1 Å². The topological polar surface area (TPSA) is 49.8 Å². The molecule has 1 N–H and O–H groups in total. The van der Waals surface area contributed by atoms with E-state index >= 15 is 0 Å². The number of rotatable bonds is 3. The molecule has 1 heterocycles. The Kier molecular flexibility index (Phi) is 4.31. The Morgan fingerprint density at radius 3 is 3.06 bits per heavy atom. The third kappa shape index (κ3) is 3.28. The van der Waals surface area contributed by atoms with Gasteiger partial charge < -0.3 is 9.84 Å². The fourth-order valence-corrected chi connectivity index (χ4v) is 2.14. The average molecular weight is 318 g/mol. The first-order chi connectivity index (χ1) is 8.56. The van der Waals surface area contributed by atoms with Gasteiger partial charge in [-0.05, 0) is 33.6 Å². The Labute approximate surface area is 112 Å². The van der Waals surface area contributed by atoms with E-state index in [2.05, 4.69) is 15.9 Å². The summed E-state index contributed by atoms with van der Waals surface area (Å²) in [5.74, 6) is -1.27. The molecule has 4 nitrogen and oxygen atoms in total. The zero-order valence-corrected chi connectivity index (χ0v) is 11.2. The van der Waals surface area contributed by atoms with Gasteiger partial charge in [0.2, 0.25) is 0 Å². The molecule has 0 spiro atoms. The Morgan fingerprint density at radius 1 is 1.61 bits per heavy atom. The monoisotopic (exact) mass is 317 g/mol. The maximum Gasteiger partial charge on any atom is 0.334 e. The molecule has 0 bridgehead atoms. The van der Waals surface area contributed by atoms with E-state index in [4.69, 9.17) is 9.84 Å². The van der Waals surface area contributed by atoms with Crippen molar-refractivity contribution in [1.82, 2.24) is 4.90 Å². The van der Waals surface area contributed by atoms with Crippen LogP contribution in [-0.4, -0.2) is 41.8 Å². The van der Waals surface area contributed by atoms with Crippen LogP contribution >= 0.6 is 15.9 Å². The molecule has 6 heteroatoms. The van der Waals surface area contributed by atoms with E-state index < -0.39 is 12.1 Å². The summed E-state index contributed by atoms with van der Waals surface area (Å²) in [6.07, 6.45) is -0.793. The second kappa shape index (κ2) is 5.77. The molecule has 1 unspecified atom stereocenters. The van der Waals surface area contributed by atoms with Crippen LogP contribution in [0, 0.1) is 5.82 Å². The van der Waals surface area contributed by atoms with Crippen LogP contribution in [0.15, 0.2) is 22.7 Å². The lowest BCUT2D eigenvalue weighted by Crippen LogP contribution is -2.45. The molecule has 18 heavy (non-hydrogen) atoms. The molecule has 1 saturated heterocycles. The summed E-state index contributed by atoms with van der Waals surface area (Å²) in [7, 11) is 0. The Bertz CT molecular complexity index is 455.